The summed E-state index contributed by atoms with van der Waals surface area (Å²) in [6.07, 6.45) is 2.62. The van der Waals surface area contributed by atoms with Gasteiger partial charge in [-0.2, -0.15) is 0 Å². The van der Waals surface area contributed by atoms with Crippen molar-refractivity contribution in [3.05, 3.63) is 48.0 Å². The minimum atomic E-state index is 0. The first-order chi connectivity index (χ1) is 13.2. The molecule has 4 rings (SSSR count). The SMILES string of the molecule is CCOC(=N)c1ccc2c(c1)N(C(C)CN1CCCC1)c1ccccc1S2.Cl. The summed E-state index contributed by atoms with van der Waals surface area (Å²) in [4.78, 5) is 7.57. The standard InChI is InChI=1S/C22H27N3OS.ClH/c1-3-26-22(23)17-10-11-21-19(14-17)25(16(2)15-24-12-6-7-13-24)18-8-4-5-9-20(18)27-21;/h4-5,8-11,14,16,23H,3,6-7,12-13,15H2,1-2H3;1H. The third-order valence-corrected chi connectivity index (χ3v) is 6.41. The number of para-hydroxylation sites is 1. The molecule has 2 aliphatic heterocycles. The van der Waals surface area contributed by atoms with Crippen LogP contribution >= 0.6 is 24.2 Å². The summed E-state index contributed by atoms with van der Waals surface area (Å²) in [7, 11) is 0. The maximum Gasteiger partial charge on any atom is 0.213 e. The van der Waals surface area contributed by atoms with Crippen LogP contribution in [0.5, 0.6) is 0 Å². The van der Waals surface area contributed by atoms with Gasteiger partial charge in [0.25, 0.3) is 0 Å². The van der Waals surface area contributed by atoms with Crippen LogP contribution in [-0.2, 0) is 4.74 Å². The molecule has 0 aliphatic carbocycles. The summed E-state index contributed by atoms with van der Waals surface area (Å²) in [5.41, 5.74) is 3.29. The Hall–Kier alpha value is -1.69. The molecule has 2 aromatic carbocycles. The third kappa shape index (κ3) is 4.17. The lowest BCUT2D eigenvalue weighted by Gasteiger charge is -2.39. The van der Waals surface area contributed by atoms with Crippen LogP contribution in [0.2, 0.25) is 0 Å². The fraction of sp³-hybridized carbons (Fsp3) is 0.409. The normalized spacial score (nSPS) is 16.7. The molecule has 2 heterocycles. The van der Waals surface area contributed by atoms with E-state index in [9.17, 15) is 0 Å². The first-order valence-corrected chi connectivity index (χ1v) is 10.6. The zero-order chi connectivity index (χ0) is 18.8. The number of ether oxygens (including phenoxy) is 1. The zero-order valence-electron chi connectivity index (χ0n) is 16.5. The Labute approximate surface area is 178 Å². The summed E-state index contributed by atoms with van der Waals surface area (Å²) in [6, 6.07) is 15.3. The number of anilines is 2. The van der Waals surface area contributed by atoms with Crippen molar-refractivity contribution in [3.8, 4) is 0 Å². The van der Waals surface area contributed by atoms with E-state index < -0.39 is 0 Å². The quantitative estimate of drug-likeness (QED) is 0.510. The topological polar surface area (TPSA) is 39.6 Å². The van der Waals surface area contributed by atoms with Gasteiger partial charge < -0.3 is 14.5 Å². The number of hydrogen-bond acceptors (Lipinski definition) is 5. The van der Waals surface area contributed by atoms with E-state index in [-0.39, 0.29) is 18.3 Å². The molecule has 1 unspecified atom stereocenters. The molecule has 2 aromatic rings. The number of benzene rings is 2. The van der Waals surface area contributed by atoms with Crippen LogP contribution in [0.4, 0.5) is 11.4 Å². The molecule has 150 valence electrons. The van der Waals surface area contributed by atoms with Crippen molar-refractivity contribution in [2.75, 3.05) is 31.1 Å². The van der Waals surface area contributed by atoms with E-state index in [2.05, 4.69) is 53.1 Å². The molecule has 1 saturated heterocycles. The predicted molar refractivity (Wildman–Crippen MR) is 120 cm³/mol. The summed E-state index contributed by atoms with van der Waals surface area (Å²) < 4.78 is 5.44. The second-order valence-corrected chi connectivity index (χ2v) is 8.32. The van der Waals surface area contributed by atoms with Gasteiger partial charge in [0.05, 0.1) is 18.0 Å². The second kappa shape index (κ2) is 9.21. The Kier molecular flexibility index (Phi) is 6.91. The first kappa shape index (κ1) is 21.0. The Morgan fingerprint density at radius 3 is 2.57 bits per heavy atom. The molecule has 0 radical (unpaired) electrons. The lowest BCUT2D eigenvalue weighted by atomic mass is 10.1. The number of likely N-dealkylation sites (tertiary alicyclic amines) is 1. The summed E-state index contributed by atoms with van der Waals surface area (Å²) in [6.45, 7) is 8.22. The molecule has 2 aliphatic rings. The molecule has 1 fully saturated rings. The lowest BCUT2D eigenvalue weighted by Crippen LogP contribution is -2.40. The van der Waals surface area contributed by atoms with Gasteiger partial charge in [-0.1, -0.05) is 23.9 Å². The van der Waals surface area contributed by atoms with E-state index in [0.29, 0.717) is 12.6 Å². The van der Waals surface area contributed by atoms with Crippen molar-refractivity contribution in [3.63, 3.8) is 0 Å². The Morgan fingerprint density at radius 2 is 1.82 bits per heavy atom. The highest BCUT2D eigenvalue weighted by Gasteiger charge is 2.29. The summed E-state index contributed by atoms with van der Waals surface area (Å²) >= 11 is 1.81. The van der Waals surface area contributed by atoms with Gasteiger partial charge in [-0.3, -0.25) is 5.41 Å². The number of rotatable bonds is 5. The van der Waals surface area contributed by atoms with Gasteiger partial charge in [-0.15, -0.1) is 12.4 Å². The number of fused-ring (bicyclic) bond motifs is 2. The van der Waals surface area contributed by atoms with Gasteiger partial charge in [-0.25, -0.2) is 0 Å². The molecule has 0 aromatic heterocycles. The van der Waals surface area contributed by atoms with Gasteiger partial charge >= 0.3 is 0 Å². The third-order valence-electron chi connectivity index (χ3n) is 5.28. The van der Waals surface area contributed by atoms with Gasteiger partial charge in [-0.05, 0) is 70.1 Å². The van der Waals surface area contributed by atoms with E-state index in [1.165, 1.54) is 47.1 Å². The average Bonchev–Trinajstić information content (AvgIpc) is 3.18. The highest BCUT2D eigenvalue weighted by atomic mass is 35.5. The molecule has 0 bridgehead atoms. The fourth-order valence-electron chi connectivity index (χ4n) is 4.05. The van der Waals surface area contributed by atoms with Crippen LogP contribution in [0.15, 0.2) is 52.3 Å². The fourth-order valence-corrected chi connectivity index (χ4v) is 5.10. The average molecular weight is 418 g/mol. The monoisotopic (exact) mass is 417 g/mol. The van der Waals surface area contributed by atoms with E-state index in [1.54, 1.807) is 0 Å². The van der Waals surface area contributed by atoms with Crippen molar-refractivity contribution >= 4 is 41.4 Å². The van der Waals surface area contributed by atoms with E-state index in [1.807, 2.05) is 24.8 Å². The molecule has 1 N–H and O–H groups in total. The lowest BCUT2D eigenvalue weighted by molar-refractivity contribution is 0.319. The highest BCUT2D eigenvalue weighted by Crippen LogP contribution is 2.49. The van der Waals surface area contributed by atoms with Crippen LogP contribution in [0.1, 0.15) is 32.3 Å². The molecule has 1 atom stereocenters. The maximum atomic E-state index is 8.19. The van der Waals surface area contributed by atoms with Crippen LogP contribution in [0.25, 0.3) is 0 Å². The van der Waals surface area contributed by atoms with Crippen molar-refractivity contribution in [1.29, 1.82) is 5.41 Å². The van der Waals surface area contributed by atoms with Crippen LogP contribution < -0.4 is 4.90 Å². The first-order valence-electron chi connectivity index (χ1n) is 9.81. The minimum absolute atomic E-state index is 0. The van der Waals surface area contributed by atoms with E-state index in [0.717, 1.165) is 12.1 Å². The van der Waals surface area contributed by atoms with E-state index >= 15 is 0 Å². The zero-order valence-corrected chi connectivity index (χ0v) is 18.1. The summed E-state index contributed by atoms with van der Waals surface area (Å²) in [5.74, 6) is 0.247. The van der Waals surface area contributed by atoms with Crippen molar-refractivity contribution in [2.45, 2.75) is 42.5 Å². The molecule has 0 amide bonds. The maximum absolute atomic E-state index is 8.19. The minimum Gasteiger partial charge on any atom is -0.478 e. The van der Waals surface area contributed by atoms with E-state index in [4.69, 9.17) is 10.1 Å². The van der Waals surface area contributed by atoms with Crippen LogP contribution in [0.3, 0.4) is 0 Å². The van der Waals surface area contributed by atoms with Crippen molar-refractivity contribution < 1.29 is 4.74 Å². The number of nitrogens with zero attached hydrogens (tertiary/aromatic N) is 2. The smallest absolute Gasteiger partial charge is 0.213 e. The molecular weight excluding hydrogens is 390 g/mol. The molecule has 6 heteroatoms. The highest BCUT2D eigenvalue weighted by molar-refractivity contribution is 7.99. The van der Waals surface area contributed by atoms with Gasteiger partial charge in [0, 0.05) is 27.9 Å². The Morgan fingerprint density at radius 1 is 1.11 bits per heavy atom. The molecular formula is C22H28ClN3OS. The van der Waals surface area contributed by atoms with Crippen molar-refractivity contribution in [1.82, 2.24) is 4.90 Å². The molecule has 28 heavy (non-hydrogen) atoms. The van der Waals surface area contributed by atoms with Crippen LogP contribution in [0, 0.1) is 5.41 Å². The largest absolute Gasteiger partial charge is 0.478 e. The molecule has 0 saturated carbocycles. The van der Waals surface area contributed by atoms with Gasteiger partial charge in [0.2, 0.25) is 5.90 Å². The number of nitrogens with one attached hydrogen (secondary N) is 1. The Balaban J connectivity index is 0.00000225. The Bertz CT molecular complexity index is 838. The van der Waals surface area contributed by atoms with Crippen LogP contribution in [-0.4, -0.2) is 43.1 Å². The van der Waals surface area contributed by atoms with Crippen molar-refractivity contribution in [2.24, 2.45) is 0 Å². The second-order valence-electron chi connectivity index (χ2n) is 7.24. The predicted octanol–water partition coefficient (Wildman–Crippen LogP) is 5.56. The number of halogens is 1. The number of hydrogen-bond donors (Lipinski definition) is 1. The molecule has 4 nitrogen and oxygen atoms in total. The van der Waals surface area contributed by atoms with Gasteiger partial charge in [0.15, 0.2) is 0 Å². The molecule has 0 spiro atoms. The summed E-state index contributed by atoms with van der Waals surface area (Å²) in [5, 5.41) is 8.19. The van der Waals surface area contributed by atoms with Gasteiger partial charge in [0.1, 0.15) is 0 Å².